The molecule has 0 amide bonds. The Balaban J connectivity index is 1.64. The zero-order valence-corrected chi connectivity index (χ0v) is 18.9. The maximum Gasteiger partial charge on any atom is 0.229 e. The third-order valence-corrected chi connectivity index (χ3v) is 5.56. The number of hydrogen-bond acceptors (Lipinski definition) is 8. The maximum atomic E-state index is 11.5. The molecule has 4 aromatic rings. The third-order valence-electron chi connectivity index (χ3n) is 4.81. The fourth-order valence-corrected chi connectivity index (χ4v) is 3.69. The molecule has 2 aromatic carbocycles. The van der Waals surface area contributed by atoms with Gasteiger partial charge in [-0.25, -0.2) is 9.19 Å². The summed E-state index contributed by atoms with van der Waals surface area (Å²) in [7, 11) is -2.17. The van der Waals surface area contributed by atoms with Gasteiger partial charge in [0.25, 0.3) is 0 Å². The molecule has 0 radical (unpaired) electrons. The van der Waals surface area contributed by atoms with Crippen LogP contribution in [0.25, 0.3) is 11.1 Å². The summed E-state index contributed by atoms with van der Waals surface area (Å²) in [4.78, 5) is 13.7. The van der Waals surface area contributed by atoms with E-state index >= 15 is 0 Å². The Morgan fingerprint density at radius 3 is 2.58 bits per heavy atom. The molecule has 0 aliphatic carbocycles. The van der Waals surface area contributed by atoms with Crippen LogP contribution < -0.4 is 15.4 Å². The van der Waals surface area contributed by atoms with Crippen molar-refractivity contribution >= 4 is 28.0 Å². The summed E-state index contributed by atoms with van der Waals surface area (Å²) in [5.41, 5.74) is 3.54. The highest BCUT2D eigenvalue weighted by Gasteiger charge is 2.11. The van der Waals surface area contributed by atoms with Crippen LogP contribution in [0.5, 0.6) is 5.75 Å². The minimum absolute atomic E-state index is 0.388. The summed E-state index contributed by atoms with van der Waals surface area (Å²) < 4.78 is 24.5. The topological polar surface area (TPSA) is 113 Å². The second kappa shape index (κ2) is 10.6. The number of nitrogens with one attached hydrogen (secondary N) is 3. The molecule has 2 heterocycles. The lowest BCUT2D eigenvalue weighted by Gasteiger charge is -2.14. The van der Waals surface area contributed by atoms with Gasteiger partial charge >= 0.3 is 0 Å². The molecule has 8 nitrogen and oxygen atoms in total. The number of thiol groups is 1. The van der Waals surface area contributed by atoms with Crippen LogP contribution in [0.3, 0.4) is 0 Å². The second-order valence-electron chi connectivity index (χ2n) is 7.09. The van der Waals surface area contributed by atoms with Crippen molar-refractivity contribution in [1.29, 1.82) is 4.78 Å². The van der Waals surface area contributed by atoms with Crippen molar-refractivity contribution in [3.63, 3.8) is 0 Å². The van der Waals surface area contributed by atoms with Crippen LogP contribution in [-0.4, -0.2) is 25.8 Å². The third kappa shape index (κ3) is 5.83. The standard InChI is InChI=1S/C24H24N6O2S/c1-2-32-20-8-6-18(7-9-20)22-16-28-24(29-19-4-3-5-21(14-19)33(25)31)30-23(22)27-15-17-10-12-26-13-11-17/h3-14,16,25,33H,2,15H2,1H3,(H2,27,28,29,30). The first-order valence-corrected chi connectivity index (χ1v) is 11.7. The van der Waals surface area contributed by atoms with Crippen molar-refractivity contribution in [3.8, 4) is 16.9 Å². The Labute approximate surface area is 194 Å². The van der Waals surface area contributed by atoms with Gasteiger partial charge in [-0.3, -0.25) is 9.76 Å². The first-order chi connectivity index (χ1) is 16.1. The van der Waals surface area contributed by atoms with Crippen LogP contribution in [0.4, 0.5) is 17.5 Å². The minimum atomic E-state index is -2.17. The van der Waals surface area contributed by atoms with E-state index in [1.807, 2.05) is 49.4 Å². The number of benzene rings is 2. The summed E-state index contributed by atoms with van der Waals surface area (Å²) in [6.07, 6.45) is 5.26. The van der Waals surface area contributed by atoms with Crippen LogP contribution in [0, 0.1) is 4.78 Å². The van der Waals surface area contributed by atoms with Gasteiger partial charge in [0, 0.05) is 41.3 Å². The smallest absolute Gasteiger partial charge is 0.229 e. The van der Waals surface area contributed by atoms with Crippen LogP contribution >= 0.6 is 0 Å². The van der Waals surface area contributed by atoms with Crippen molar-refractivity contribution in [1.82, 2.24) is 15.0 Å². The molecule has 9 heteroatoms. The van der Waals surface area contributed by atoms with E-state index < -0.39 is 10.6 Å². The van der Waals surface area contributed by atoms with Gasteiger partial charge in [0.05, 0.1) is 17.2 Å². The largest absolute Gasteiger partial charge is 0.494 e. The Kier molecular flexibility index (Phi) is 7.11. The van der Waals surface area contributed by atoms with Gasteiger partial charge in [0.1, 0.15) is 11.6 Å². The average Bonchev–Trinajstić information content (AvgIpc) is 2.84. The molecular weight excluding hydrogens is 436 g/mol. The van der Waals surface area contributed by atoms with E-state index in [1.54, 1.807) is 36.8 Å². The van der Waals surface area contributed by atoms with Gasteiger partial charge in [-0.15, -0.1) is 0 Å². The summed E-state index contributed by atoms with van der Waals surface area (Å²) in [6, 6.07) is 18.6. The predicted molar refractivity (Wildman–Crippen MR) is 130 cm³/mol. The van der Waals surface area contributed by atoms with Gasteiger partial charge in [0.2, 0.25) is 5.95 Å². The molecule has 33 heavy (non-hydrogen) atoms. The van der Waals surface area contributed by atoms with E-state index in [-0.39, 0.29) is 0 Å². The summed E-state index contributed by atoms with van der Waals surface area (Å²) >= 11 is 0. The number of nitrogens with zero attached hydrogens (tertiary/aromatic N) is 3. The molecule has 0 spiro atoms. The van der Waals surface area contributed by atoms with Crippen LogP contribution in [0.2, 0.25) is 0 Å². The summed E-state index contributed by atoms with van der Waals surface area (Å²) in [5.74, 6) is 1.86. The lowest BCUT2D eigenvalue weighted by molar-refractivity contribution is 0.340. The molecule has 1 atom stereocenters. The fraction of sp³-hybridized carbons (Fsp3) is 0.125. The Bertz CT molecular complexity index is 1290. The average molecular weight is 461 g/mol. The van der Waals surface area contributed by atoms with E-state index in [9.17, 15) is 4.21 Å². The van der Waals surface area contributed by atoms with E-state index in [1.165, 1.54) is 0 Å². The highest BCUT2D eigenvalue weighted by molar-refractivity contribution is 7.73. The normalized spacial score (nSPS) is 11.5. The molecule has 0 saturated heterocycles. The molecule has 0 saturated carbocycles. The van der Waals surface area contributed by atoms with Gasteiger partial charge in [-0.2, -0.15) is 4.98 Å². The lowest BCUT2D eigenvalue weighted by atomic mass is 10.1. The maximum absolute atomic E-state index is 11.5. The highest BCUT2D eigenvalue weighted by atomic mass is 32.2. The molecule has 4 rings (SSSR count). The first kappa shape index (κ1) is 22.2. The number of pyridine rings is 1. The van der Waals surface area contributed by atoms with Gasteiger partial charge in [-0.05, 0) is 60.5 Å². The van der Waals surface area contributed by atoms with Crippen molar-refractivity contribution in [3.05, 3.63) is 84.8 Å². The fourth-order valence-electron chi connectivity index (χ4n) is 3.21. The molecule has 2 aromatic heterocycles. The number of anilines is 3. The Morgan fingerprint density at radius 1 is 1.06 bits per heavy atom. The zero-order valence-electron chi connectivity index (χ0n) is 18.0. The summed E-state index contributed by atoms with van der Waals surface area (Å²) in [5, 5.41) is 6.53. The summed E-state index contributed by atoms with van der Waals surface area (Å²) in [6.45, 7) is 3.13. The molecule has 1 unspecified atom stereocenters. The van der Waals surface area contributed by atoms with Crippen molar-refractivity contribution in [2.45, 2.75) is 18.4 Å². The molecule has 0 fully saturated rings. The van der Waals surface area contributed by atoms with Gasteiger partial charge < -0.3 is 15.4 Å². The molecule has 0 aliphatic heterocycles. The number of rotatable bonds is 9. The van der Waals surface area contributed by atoms with Crippen molar-refractivity contribution in [2.75, 3.05) is 17.2 Å². The number of aromatic nitrogens is 3. The number of hydrogen-bond donors (Lipinski definition) is 4. The molecule has 3 N–H and O–H groups in total. The SMILES string of the molecule is CCOc1ccc(-c2cnc(Nc3cccc([SH](=N)=O)c3)nc2NCc2ccncc2)cc1. The lowest BCUT2D eigenvalue weighted by Crippen LogP contribution is -2.06. The monoisotopic (exact) mass is 460 g/mol. The van der Waals surface area contributed by atoms with E-state index in [0.717, 1.165) is 22.4 Å². The molecule has 0 aliphatic rings. The predicted octanol–water partition coefficient (Wildman–Crippen LogP) is 4.90. The van der Waals surface area contributed by atoms with E-state index in [0.29, 0.717) is 35.5 Å². The molecule has 168 valence electrons. The van der Waals surface area contributed by atoms with Crippen LogP contribution in [-0.2, 0) is 17.1 Å². The quantitative estimate of drug-likeness (QED) is 0.263. The number of ether oxygens (including phenoxy) is 1. The first-order valence-electron chi connectivity index (χ1n) is 10.4. The second-order valence-corrected chi connectivity index (χ2v) is 8.20. The van der Waals surface area contributed by atoms with E-state index in [2.05, 4.69) is 20.6 Å². The van der Waals surface area contributed by atoms with Crippen molar-refractivity contribution < 1.29 is 8.95 Å². The zero-order chi connectivity index (χ0) is 23.0. The highest BCUT2D eigenvalue weighted by Crippen LogP contribution is 2.29. The van der Waals surface area contributed by atoms with Crippen LogP contribution in [0.1, 0.15) is 12.5 Å². The van der Waals surface area contributed by atoms with Crippen molar-refractivity contribution in [2.24, 2.45) is 0 Å². The minimum Gasteiger partial charge on any atom is -0.494 e. The molecule has 0 bridgehead atoms. The Morgan fingerprint density at radius 2 is 1.85 bits per heavy atom. The van der Waals surface area contributed by atoms with Gasteiger partial charge in [-0.1, -0.05) is 18.2 Å². The van der Waals surface area contributed by atoms with Crippen LogP contribution in [0.15, 0.2) is 84.1 Å². The Hall–Kier alpha value is -3.98. The van der Waals surface area contributed by atoms with Gasteiger partial charge in [0.15, 0.2) is 0 Å². The van der Waals surface area contributed by atoms with E-state index in [4.69, 9.17) is 14.5 Å². The molecular formula is C24H24N6O2S.